The standard InChI is InChI=1S/C13H10BrFINO/c1-8-4-13(18)17(7-12(8)16)6-9-5-10(15)2-3-11(9)14/h2-5,7H,6H2,1H3. The Morgan fingerprint density at radius 1 is 1.39 bits per heavy atom. The van der Waals surface area contributed by atoms with Crippen LogP contribution in [0.4, 0.5) is 4.39 Å². The second kappa shape index (κ2) is 5.52. The first-order chi connectivity index (χ1) is 8.47. The van der Waals surface area contributed by atoms with Gasteiger partial charge >= 0.3 is 0 Å². The Balaban J connectivity index is 2.43. The minimum Gasteiger partial charge on any atom is -0.310 e. The highest BCUT2D eigenvalue weighted by atomic mass is 127. The van der Waals surface area contributed by atoms with Crippen LogP contribution in [-0.2, 0) is 6.54 Å². The molecule has 0 atom stereocenters. The molecule has 0 fully saturated rings. The van der Waals surface area contributed by atoms with Crippen molar-refractivity contribution in [1.82, 2.24) is 4.57 Å². The molecule has 0 saturated carbocycles. The molecule has 94 valence electrons. The van der Waals surface area contributed by atoms with Crippen molar-refractivity contribution in [1.29, 1.82) is 0 Å². The van der Waals surface area contributed by atoms with E-state index in [0.29, 0.717) is 6.54 Å². The summed E-state index contributed by atoms with van der Waals surface area (Å²) < 4.78 is 16.6. The molecule has 2 rings (SSSR count). The highest BCUT2D eigenvalue weighted by Crippen LogP contribution is 2.19. The monoisotopic (exact) mass is 421 g/mol. The van der Waals surface area contributed by atoms with Crippen molar-refractivity contribution in [3.63, 3.8) is 0 Å². The Labute approximate surface area is 126 Å². The van der Waals surface area contributed by atoms with Crippen LogP contribution >= 0.6 is 38.5 Å². The van der Waals surface area contributed by atoms with Crippen LogP contribution in [0.3, 0.4) is 0 Å². The third kappa shape index (κ3) is 3.00. The number of pyridine rings is 1. The van der Waals surface area contributed by atoms with Gasteiger partial charge in [-0.2, -0.15) is 0 Å². The molecule has 0 unspecified atom stereocenters. The molecule has 0 aliphatic heterocycles. The average Bonchev–Trinajstić information content (AvgIpc) is 2.30. The van der Waals surface area contributed by atoms with E-state index in [4.69, 9.17) is 0 Å². The van der Waals surface area contributed by atoms with Gasteiger partial charge in [-0.05, 0) is 58.8 Å². The van der Waals surface area contributed by atoms with Gasteiger partial charge < -0.3 is 4.57 Å². The Kier molecular flexibility index (Phi) is 4.21. The van der Waals surface area contributed by atoms with E-state index in [0.717, 1.165) is 19.2 Å². The molecule has 2 nitrogen and oxygen atoms in total. The topological polar surface area (TPSA) is 22.0 Å². The van der Waals surface area contributed by atoms with Crippen LogP contribution in [0.5, 0.6) is 0 Å². The van der Waals surface area contributed by atoms with Gasteiger partial charge in [-0.3, -0.25) is 4.79 Å². The van der Waals surface area contributed by atoms with Crippen LogP contribution < -0.4 is 5.56 Å². The zero-order valence-corrected chi connectivity index (χ0v) is 13.3. The number of aromatic nitrogens is 1. The predicted molar refractivity (Wildman–Crippen MR) is 81.4 cm³/mol. The smallest absolute Gasteiger partial charge is 0.251 e. The summed E-state index contributed by atoms with van der Waals surface area (Å²) >= 11 is 5.54. The first kappa shape index (κ1) is 13.7. The SMILES string of the molecule is Cc1cc(=O)n(Cc2cc(F)ccc2Br)cc1I. The molecular weight excluding hydrogens is 412 g/mol. The molecular formula is C13H10BrFINO. The summed E-state index contributed by atoms with van der Waals surface area (Å²) in [6.45, 7) is 2.25. The number of hydrogen-bond donors (Lipinski definition) is 0. The van der Waals surface area contributed by atoms with Crippen LogP contribution in [0.15, 0.2) is 39.7 Å². The maximum absolute atomic E-state index is 13.2. The van der Waals surface area contributed by atoms with Crippen molar-refractivity contribution < 1.29 is 4.39 Å². The summed E-state index contributed by atoms with van der Waals surface area (Å²) in [6.07, 6.45) is 1.79. The van der Waals surface area contributed by atoms with Crippen molar-refractivity contribution in [2.45, 2.75) is 13.5 Å². The van der Waals surface area contributed by atoms with Crippen molar-refractivity contribution in [2.75, 3.05) is 0 Å². The molecule has 0 aliphatic carbocycles. The van der Waals surface area contributed by atoms with Crippen LogP contribution in [0.2, 0.25) is 0 Å². The fraction of sp³-hybridized carbons (Fsp3) is 0.154. The summed E-state index contributed by atoms with van der Waals surface area (Å²) in [7, 11) is 0. The number of benzene rings is 1. The lowest BCUT2D eigenvalue weighted by Crippen LogP contribution is -2.20. The molecule has 1 aromatic carbocycles. The maximum atomic E-state index is 13.2. The Hall–Kier alpha value is -0.690. The van der Waals surface area contributed by atoms with Crippen molar-refractivity contribution in [3.05, 3.63) is 65.8 Å². The summed E-state index contributed by atoms with van der Waals surface area (Å²) in [5.41, 5.74) is 1.62. The van der Waals surface area contributed by atoms with Gasteiger partial charge in [-0.15, -0.1) is 0 Å². The zero-order chi connectivity index (χ0) is 13.3. The lowest BCUT2D eigenvalue weighted by molar-refractivity contribution is 0.622. The van der Waals surface area contributed by atoms with E-state index in [1.807, 2.05) is 6.92 Å². The maximum Gasteiger partial charge on any atom is 0.251 e. The summed E-state index contributed by atoms with van der Waals surface area (Å²) in [6, 6.07) is 6.06. The minimum absolute atomic E-state index is 0.0796. The molecule has 18 heavy (non-hydrogen) atoms. The molecule has 2 aromatic rings. The van der Waals surface area contributed by atoms with Crippen LogP contribution in [0, 0.1) is 16.3 Å². The number of halogens is 3. The molecule has 0 bridgehead atoms. The van der Waals surface area contributed by atoms with Gasteiger partial charge in [0.2, 0.25) is 0 Å². The quantitative estimate of drug-likeness (QED) is 0.677. The molecule has 0 aliphatic rings. The van der Waals surface area contributed by atoms with E-state index in [1.165, 1.54) is 12.1 Å². The fourth-order valence-corrected chi connectivity index (χ4v) is 2.47. The Bertz CT molecular complexity index is 654. The van der Waals surface area contributed by atoms with Crippen molar-refractivity contribution in [2.24, 2.45) is 0 Å². The van der Waals surface area contributed by atoms with Gasteiger partial charge in [-0.25, -0.2) is 4.39 Å². The number of nitrogens with zero attached hydrogens (tertiary/aromatic N) is 1. The molecule has 0 saturated heterocycles. The molecule has 0 radical (unpaired) electrons. The first-order valence-electron chi connectivity index (χ1n) is 5.28. The molecule has 0 spiro atoms. The highest BCUT2D eigenvalue weighted by molar-refractivity contribution is 14.1. The molecule has 5 heteroatoms. The van der Waals surface area contributed by atoms with Gasteiger partial charge in [0, 0.05) is 20.3 Å². The van der Waals surface area contributed by atoms with Gasteiger partial charge in [0.15, 0.2) is 0 Å². The highest BCUT2D eigenvalue weighted by Gasteiger charge is 2.06. The third-order valence-electron chi connectivity index (χ3n) is 2.62. The molecule has 1 aromatic heterocycles. The van der Waals surface area contributed by atoms with Gasteiger partial charge in [0.1, 0.15) is 5.82 Å². The van der Waals surface area contributed by atoms with Crippen molar-refractivity contribution >= 4 is 38.5 Å². The largest absolute Gasteiger partial charge is 0.310 e. The second-order valence-corrected chi connectivity index (χ2v) is 6.02. The van der Waals surface area contributed by atoms with E-state index in [9.17, 15) is 9.18 Å². The predicted octanol–water partition coefficient (Wildman–Crippen LogP) is 3.71. The number of rotatable bonds is 2. The van der Waals surface area contributed by atoms with Gasteiger partial charge in [0.25, 0.3) is 5.56 Å². The van der Waals surface area contributed by atoms with Crippen molar-refractivity contribution in [3.8, 4) is 0 Å². The van der Waals surface area contributed by atoms with E-state index in [-0.39, 0.29) is 11.4 Å². The summed E-state index contributed by atoms with van der Waals surface area (Å²) in [5, 5.41) is 0. The van der Waals surface area contributed by atoms with E-state index in [2.05, 4.69) is 38.5 Å². The minimum atomic E-state index is -0.303. The summed E-state index contributed by atoms with van der Waals surface area (Å²) in [5.74, 6) is -0.303. The van der Waals surface area contributed by atoms with Gasteiger partial charge in [-0.1, -0.05) is 15.9 Å². The van der Waals surface area contributed by atoms with Crippen LogP contribution in [-0.4, -0.2) is 4.57 Å². The number of aryl methyl sites for hydroxylation is 1. The van der Waals surface area contributed by atoms with E-state index < -0.39 is 0 Å². The molecule has 1 heterocycles. The second-order valence-electron chi connectivity index (χ2n) is 4.01. The molecule has 0 amide bonds. The average molecular weight is 422 g/mol. The van der Waals surface area contributed by atoms with Crippen LogP contribution in [0.25, 0.3) is 0 Å². The normalized spacial score (nSPS) is 10.7. The fourth-order valence-electron chi connectivity index (χ4n) is 1.61. The Morgan fingerprint density at radius 2 is 2.11 bits per heavy atom. The summed E-state index contributed by atoms with van der Waals surface area (Å²) in [4.78, 5) is 11.8. The zero-order valence-electron chi connectivity index (χ0n) is 9.58. The molecule has 0 N–H and O–H groups in total. The third-order valence-corrected chi connectivity index (χ3v) is 4.52. The van der Waals surface area contributed by atoms with E-state index >= 15 is 0 Å². The number of hydrogen-bond acceptors (Lipinski definition) is 1. The van der Waals surface area contributed by atoms with Crippen LogP contribution in [0.1, 0.15) is 11.1 Å². The van der Waals surface area contributed by atoms with Gasteiger partial charge in [0.05, 0.1) is 6.54 Å². The Morgan fingerprint density at radius 3 is 2.83 bits per heavy atom. The lowest BCUT2D eigenvalue weighted by Gasteiger charge is -2.09. The first-order valence-corrected chi connectivity index (χ1v) is 7.15. The lowest BCUT2D eigenvalue weighted by atomic mass is 10.2. The van der Waals surface area contributed by atoms with E-state index in [1.54, 1.807) is 22.9 Å².